The molecule has 6 N–H and O–H groups in total. The molecule has 38 heavy (non-hydrogen) atoms. The summed E-state index contributed by atoms with van der Waals surface area (Å²) in [6.07, 6.45) is 2.99. The summed E-state index contributed by atoms with van der Waals surface area (Å²) in [5, 5.41) is 5.28. The highest BCUT2D eigenvalue weighted by Gasteiger charge is 2.15. The van der Waals surface area contributed by atoms with Crippen LogP contribution in [0.25, 0.3) is 11.4 Å². The zero-order chi connectivity index (χ0) is 27.9. The lowest BCUT2D eigenvalue weighted by molar-refractivity contribution is -0.112. The fourth-order valence-corrected chi connectivity index (χ4v) is 6.71. The summed E-state index contributed by atoms with van der Waals surface area (Å²) in [5.74, 6) is 1.02. The van der Waals surface area contributed by atoms with E-state index in [0.29, 0.717) is 47.1 Å². The maximum absolute atomic E-state index is 12.6. The topological polar surface area (TPSA) is 170 Å². The molecule has 0 saturated carbocycles. The van der Waals surface area contributed by atoms with Gasteiger partial charge in [-0.05, 0) is 45.9 Å². The van der Waals surface area contributed by atoms with Crippen molar-refractivity contribution >= 4 is 90.5 Å². The number of nitrogens with one attached hydrogen (secondary N) is 2. The molecule has 0 saturated heterocycles. The monoisotopic (exact) mass is 632 g/mol. The highest BCUT2D eigenvalue weighted by molar-refractivity contribution is 8.82. The van der Waals surface area contributed by atoms with Crippen molar-refractivity contribution in [3.05, 3.63) is 47.8 Å². The van der Waals surface area contributed by atoms with Gasteiger partial charge in [-0.25, -0.2) is 0 Å². The van der Waals surface area contributed by atoms with Gasteiger partial charge in [0.1, 0.15) is 0 Å². The van der Waals surface area contributed by atoms with E-state index in [9.17, 15) is 19.2 Å². The SMILES string of the molecule is N[C@@H](CS)C(=O)SSCCNC(=O)c1ccnc(-c2cc(C(=O)NCCSSC(=O)[C@@H](N)CS)ccn2)c1. The molecule has 0 aliphatic carbocycles. The molecule has 206 valence electrons. The molecule has 0 bridgehead atoms. The Hall–Kier alpha value is -1.40. The second-order valence-corrected chi connectivity index (χ2v) is 13.0. The van der Waals surface area contributed by atoms with Crippen molar-refractivity contribution in [3.63, 3.8) is 0 Å². The number of carbonyl (C=O) groups excluding carboxylic acids is 4. The highest BCUT2D eigenvalue weighted by Crippen LogP contribution is 2.23. The number of nitrogens with zero attached hydrogens (tertiary/aromatic N) is 2. The number of thiol groups is 2. The molecule has 2 atom stereocenters. The van der Waals surface area contributed by atoms with Crippen LogP contribution in [0.2, 0.25) is 0 Å². The normalized spacial score (nSPS) is 12.4. The van der Waals surface area contributed by atoms with Crippen molar-refractivity contribution in [1.82, 2.24) is 20.6 Å². The van der Waals surface area contributed by atoms with Crippen LogP contribution in [0.1, 0.15) is 20.7 Å². The highest BCUT2D eigenvalue weighted by atomic mass is 33.1. The number of amides is 2. The van der Waals surface area contributed by atoms with Crippen LogP contribution in [0.4, 0.5) is 0 Å². The smallest absolute Gasteiger partial charge is 0.251 e. The molecule has 0 aliphatic rings. The van der Waals surface area contributed by atoms with E-state index in [1.807, 2.05) is 0 Å². The average molecular weight is 633 g/mol. The molecule has 2 heterocycles. The van der Waals surface area contributed by atoms with Gasteiger partial charge < -0.3 is 22.1 Å². The molecule has 2 amide bonds. The van der Waals surface area contributed by atoms with Crippen molar-refractivity contribution in [3.8, 4) is 11.4 Å². The maximum atomic E-state index is 12.6. The minimum absolute atomic E-state index is 0.155. The first-order valence-electron chi connectivity index (χ1n) is 11.1. The van der Waals surface area contributed by atoms with Gasteiger partial charge in [-0.3, -0.25) is 29.1 Å². The Morgan fingerprint density at radius 3 is 1.53 bits per heavy atom. The van der Waals surface area contributed by atoms with Crippen LogP contribution in [0, 0.1) is 0 Å². The number of rotatable bonds is 15. The van der Waals surface area contributed by atoms with Gasteiger partial charge in [-0.15, -0.1) is 0 Å². The van der Waals surface area contributed by atoms with E-state index in [0.717, 1.165) is 21.6 Å². The summed E-state index contributed by atoms with van der Waals surface area (Å²) in [7, 11) is 4.72. The van der Waals surface area contributed by atoms with Gasteiger partial charge in [0.05, 0.1) is 23.5 Å². The van der Waals surface area contributed by atoms with E-state index < -0.39 is 12.1 Å². The van der Waals surface area contributed by atoms with Gasteiger partial charge >= 0.3 is 0 Å². The maximum Gasteiger partial charge on any atom is 0.251 e. The van der Waals surface area contributed by atoms with Crippen LogP contribution in [0.15, 0.2) is 36.7 Å². The predicted molar refractivity (Wildman–Crippen MR) is 166 cm³/mol. The molecule has 0 fully saturated rings. The Morgan fingerprint density at radius 2 is 1.16 bits per heavy atom. The summed E-state index contributed by atoms with van der Waals surface area (Å²) in [4.78, 5) is 57.0. The first-order valence-corrected chi connectivity index (χ1v) is 17.1. The van der Waals surface area contributed by atoms with E-state index >= 15 is 0 Å². The number of hydrogen-bond donors (Lipinski definition) is 6. The Morgan fingerprint density at radius 1 is 0.763 bits per heavy atom. The largest absolute Gasteiger partial charge is 0.351 e. The third-order valence-electron chi connectivity index (χ3n) is 4.53. The first-order chi connectivity index (χ1) is 18.3. The molecule has 16 heteroatoms. The second kappa shape index (κ2) is 18.0. The third-order valence-corrected chi connectivity index (χ3v) is 9.92. The van der Waals surface area contributed by atoms with Gasteiger partial charge in [0, 0.05) is 59.6 Å². The van der Waals surface area contributed by atoms with Crippen LogP contribution >= 0.6 is 68.4 Å². The lowest BCUT2D eigenvalue weighted by Crippen LogP contribution is -2.29. The van der Waals surface area contributed by atoms with Crippen molar-refractivity contribution in [2.75, 3.05) is 36.1 Å². The van der Waals surface area contributed by atoms with Gasteiger partial charge in [0.25, 0.3) is 11.8 Å². The number of hydrogen-bond acceptors (Lipinski definition) is 14. The lowest BCUT2D eigenvalue weighted by atomic mass is 10.1. The molecule has 2 aromatic rings. The Labute approximate surface area is 247 Å². The summed E-state index contributed by atoms with van der Waals surface area (Å²) < 4.78 is 0. The van der Waals surface area contributed by atoms with E-state index in [1.54, 1.807) is 24.3 Å². The van der Waals surface area contributed by atoms with Crippen LogP contribution in [-0.2, 0) is 9.59 Å². The molecule has 0 radical (unpaired) electrons. The zero-order valence-corrected chi connectivity index (χ0v) is 25.1. The molecule has 0 spiro atoms. The zero-order valence-electron chi connectivity index (χ0n) is 20.1. The average Bonchev–Trinajstić information content (AvgIpc) is 2.95. The number of aromatic nitrogens is 2. The first kappa shape index (κ1) is 32.8. The van der Waals surface area contributed by atoms with Gasteiger partial charge in [0.2, 0.25) is 10.2 Å². The van der Waals surface area contributed by atoms with E-state index in [2.05, 4.69) is 45.9 Å². The predicted octanol–water partition coefficient (Wildman–Crippen LogP) is 1.93. The van der Waals surface area contributed by atoms with Crippen molar-refractivity contribution in [1.29, 1.82) is 0 Å². The molecule has 2 rings (SSSR count). The Balaban J connectivity index is 1.85. The van der Waals surface area contributed by atoms with Crippen LogP contribution < -0.4 is 22.1 Å². The van der Waals surface area contributed by atoms with Crippen LogP contribution in [0.5, 0.6) is 0 Å². The molecule has 0 unspecified atom stereocenters. The van der Waals surface area contributed by atoms with Crippen LogP contribution in [0.3, 0.4) is 0 Å². The summed E-state index contributed by atoms with van der Waals surface area (Å²) in [6.45, 7) is 0.719. The standard InChI is InChI=1S/C22H28N6O4S6/c23-15(11-33)21(31)37-35-7-5-27-19(29)13-1-3-25-17(9-13)18-10-14(2-4-26-18)20(30)28-6-8-36-38-22(32)16(24)12-34/h1-4,9-10,15-16,33-34H,5-8,11-12,23-24H2,(H,27,29)(H,28,30)/t15-,16-/m0/s1. The van der Waals surface area contributed by atoms with Crippen molar-refractivity contribution in [2.45, 2.75) is 12.1 Å². The lowest BCUT2D eigenvalue weighted by Gasteiger charge is -2.09. The van der Waals surface area contributed by atoms with Gasteiger partial charge in [-0.1, -0.05) is 21.6 Å². The summed E-state index contributed by atoms with van der Waals surface area (Å²) in [5.41, 5.74) is 12.9. The number of pyridine rings is 2. The molecular weight excluding hydrogens is 605 g/mol. The number of nitrogens with two attached hydrogens (primary N) is 2. The molecular formula is C22H28N6O4S6. The molecule has 0 aliphatic heterocycles. The fraction of sp³-hybridized carbons (Fsp3) is 0.364. The Bertz CT molecular complexity index is 1030. The van der Waals surface area contributed by atoms with Crippen molar-refractivity contribution < 1.29 is 19.2 Å². The molecule has 2 aromatic heterocycles. The second-order valence-electron chi connectivity index (χ2n) is 7.40. The van der Waals surface area contributed by atoms with E-state index in [1.165, 1.54) is 34.0 Å². The Kier molecular flexibility index (Phi) is 15.6. The summed E-state index contributed by atoms with van der Waals surface area (Å²) >= 11 is 8.00. The van der Waals surface area contributed by atoms with Crippen molar-refractivity contribution in [2.24, 2.45) is 11.5 Å². The van der Waals surface area contributed by atoms with E-state index in [-0.39, 0.29) is 33.6 Å². The number of carbonyl (C=O) groups is 4. The van der Waals surface area contributed by atoms with Gasteiger partial charge in [0.15, 0.2) is 0 Å². The van der Waals surface area contributed by atoms with Gasteiger partial charge in [-0.2, -0.15) is 25.3 Å². The molecule has 10 nitrogen and oxygen atoms in total. The van der Waals surface area contributed by atoms with E-state index in [4.69, 9.17) is 11.5 Å². The fourth-order valence-electron chi connectivity index (χ4n) is 2.51. The third kappa shape index (κ3) is 11.4. The molecule has 0 aromatic carbocycles. The minimum atomic E-state index is -0.609. The summed E-state index contributed by atoms with van der Waals surface area (Å²) in [6, 6.07) is 5.13. The quantitative estimate of drug-likeness (QED) is 0.0960. The van der Waals surface area contributed by atoms with Crippen LogP contribution in [-0.4, -0.2) is 80.2 Å². The minimum Gasteiger partial charge on any atom is -0.351 e.